The van der Waals surface area contributed by atoms with Gasteiger partial charge in [0.2, 0.25) is 5.75 Å². The van der Waals surface area contributed by atoms with Gasteiger partial charge >= 0.3 is 0 Å². The smallest absolute Gasteiger partial charge is 0.203 e. The van der Waals surface area contributed by atoms with Crippen molar-refractivity contribution in [3.8, 4) is 17.2 Å². The zero-order valence-corrected chi connectivity index (χ0v) is 19.6. The summed E-state index contributed by atoms with van der Waals surface area (Å²) < 4.78 is 22.4. The first-order chi connectivity index (χ1) is 14.3. The molecule has 1 aromatic rings. The van der Waals surface area contributed by atoms with Gasteiger partial charge in [0.15, 0.2) is 17.5 Å². The summed E-state index contributed by atoms with van der Waals surface area (Å²) in [5.74, 6) is 3.11. The van der Waals surface area contributed by atoms with Gasteiger partial charge in [-0.1, -0.05) is 20.8 Å². The number of methoxy groups -OCH3 is 3. The summed E-state index contributed by atoms with van der Waals surface area (Å²) in [5, 5.41) is 6.85. The van der Waals surface area contributed by atoms with Gasteiger partial charge in [-0.3, -0.25) is 0 Å². The average molecular weight is 422 g/mol. The van der Waals surface area contributed by atoms with Crippen molar-refractivity contribution in [2.45, 2.75) is 53.2 Å². The van der Waals surface area contributed by atoms with Crippen LogP contribution in [0.15, 0.2) is 17.1 Å². The second-order valence-electron chi connectivity index (χ2n) is 8.67. The summed E-state index contributed by atoms with van der Waals surface area (Å²) in [4.78, 5) is 4.76. The minimum atomic E-state index is 0.123. The minimum absolute atomic E-state index is 0.123. The molecule has 0 amide bonds. The van der Waals surface area contributed by atoms with Crippen LogP contribution in [0.4, 0.5) is 0 Å². The van der Waals surface area contributed by atoms with Crippen LogP contribution in [0.5, 0.6) is 17.2 Å². The molecule has 2 unspecified atom stereocenters. The molecule has 30 heavy (non-hydrogen) atoms. The normalized spacial score (nSPS) is 19.9. The SMILES string of the molecule is CCNC(=NCc1cc(OC)c(OC)c(OC)c1)NCC1CCCOC1C(C)(C)C. The van der Waals surface area contributed by atoms with Crippen molar-refractivity contribution in [1.29, 1.82) is 0 Å². The summed E-state index contributed by atoms with van der Waals surface area (Å²) in [6, 6.07) is 3.86. The molecule has 0 saturated carbocycles. The number of rotatable bonds is 8. The molecule has 0 aromatic heterocycles. The Kier molecular flexibility index (Phi) is 9.08. The Hall–Kier alpha value is -2.15. The predicted molar refractivity (Wildman–Crippen MR) is 121 cm³/mol. The van der Waals surface area contributed by atoms with Gasteiger partial charge in [0.25, 0.3) is 0 Å². The van der Waals surface area contributed by atoms with Crippen molar-refractivity contribution in [3.63, 3.8) is 0 Å². The Morgan fingerprint density at radius 3 is 2.30 bits per heavy atom. The molecule has 0 aliphatic carbocycles. The molecule has 1 saturated heterocycles. The second kappa shape index (κ2) is 11.3. The minimum Gasteiger partial charge on any atom is -0.493 e. The van der Waals surface area contributed by atoms with Crippen molar-refractivity contribution in [2.24, 2.45) is 16.3 Å². The van der Waals surface area contributed by atoms with Crippen molar-refractivity contribution in [3.05, 3.63) is 17.7 Å². The third kappa shape index (κ3) is 6.42. The lowest BCUT2D eigenvalue weighted by atomic mass is 9.78. The Morgan fingerprint density at radius 1 is 1.10 bits per heavy atom. The standard InChI is InChI=1S/C23H39N3O4/c1-8-24-22(26-15-17-10-9-11-30-21(17)23(2,3)4)25-14-16-12-18(27-5)20(29-7)19(13-16)28-6/h12-13,17,21H,8-11,14-15H2,1-7H3,(H2,24,25,26). The van der Waals surface area contributed by atoms with Gasteiger partial charge in [0, 0.05) is 25.6 Å². The Balaban J connectivity index is 2.11. The van der Waals surface area contributed by atoms with Crippen LogP contribution >= 0.6 is 0 Å². The number of aliphatic imine (C=N–C) groups is 1. The number of nitrogens with zero attached hydrogens (tertiary/aromatic N) is 1. The fraction of sp³-hybridized carbons (Fsp3) is 0.696. The summed E-state index contributed by atoms with van der Waals surface area (Å²) >= 11 is 0. The van der Waals surface area contributed by atoms with E-state index < -0.39 is 0 Å². The van der Waals surface area contributed by atoms with Gasteiger partial charge in [-0.25, -0.2) is 4.99 Å². The lowest BCUT2D eigenvalue weighted by Crippen LogP contribution is -2.47. The largest absolute Gasteiger partial charge is 0.493 e. The van der Waals surface area contributed by atoms with Gasteiger partial charge < -0.3 is 29.6 Å². The fourth-order valence-corrected chi connectivity index (χ4v) is 3.98. The highest BCUT2D eigenvalue weighted by Gasteiger charge is 2.35. The first-order valence-corrected chi connectivity index (χ1v) is 10.8. The third-order valence-electron chi connectivity index (χ3n) is 5.32. The molecule has 7 nitrogen and oxygen atoms in total. The molecule has 0 bridgehead atoms. The number of hydrogen-bond acceptors (Lipinski definition) is 5. The highest BCUT2D eigenvalue weighted by atomic mass is 16.5. The molecule has 2 rings (SSSR count). The van der Waals surface area contributed by atoms with E-state index in [4.69, 9.17) is 23.9 Å². The molecule has 7 heteroatoms. The monoisotopic (exact) mass is 421 g/mol. The van der Waals surface area contributed by atoms with Crippen LogP contribution in [0, 0.1) is 11.3 Å². The van der Waals surface area contributed by atoms with E-state index in [2.05, 4.69) is 38.3 Å². The van der Waals surface area contributed by atoms with E-state index >= 15 is 0 Å². The van der Waals surface area contributed by atoms with Gasteiger partial charge in [-0.2, -0.15) is 0 Å². The molecule has 170 valence electrons. The van der Waals surface area contributed by atoms with Crippen LogP contribution in [-0.4, -0.2) is 53.1 Å². The summed E-state index contributed by atoms with van der Waals surface area (Å²) in [6.45, 7) is 11.8. The predicted octanol–water partition coefficient (Wildman–Crippen LogP) is 3.61. The number of benzene rings is 1. The van der Waals surface area contributed by atoms with Crippen molar-refractivity contribution in [2.75, 3.05) is 41.0 Å². The van der Waals surface area contributed by atoms with E-state index in [0.717, 1.165) is 37.6 Å². The van der Waals surface area contributed by atoms with Gasteiger partial charge in [-0.15, -0.1) is 0 Å². The van der Waals surface area contributed by atoms with Crippen molar-refractivity contribution in [1.82, 2.24) is 10.6 Å². The highest BCUT2D eigenvalue weighted by molar-refractivity contribution is 5.79. The molecule has 1 aliphatic heterocycles. The summed E-state index contributed by atoms with van der Waals surface area (Å²) in [6.07, 6.45) is 2.52. The van der Waals surface area contributed by atoms with Crippen LogP contribution in [0.2, 0.25) is 0 Å². The van der Waals surface area contributed by atoms with Crippen molar-refractivity contribution >= 4 is 5.96 Å². The molecule has 1 heterocycles. The third-order valence-corrected chi connectivity index (χ3v) is 5.32. The number of hydrogen-bond donors (Lipinski definition) is 2. The van der Waals surface area contributed by atoms with Crippen LogP contribution < -0.4 is 24.8 Å². The molecular weight excluding hydrogens is 382 g/mol. The van der Waals surface area contributed by atoms with Gasteiger partial charge in [0.05, 0.1) is 34.0 Å². The van der Waals surface area contributed by atoms with E-state index in [9.17, 15) is 0 Å². The lowest BCUT2D eigenvalue weighted by molar-refractivity contribution is -0.0835. The van der Waals surface area contributed by atoms with Gasteiger partial charge in [-0.05, 0) is 42.9 Å². The first kappa shape index (κ1) is 24.1. The Labute approximate surface area is 181 Å². The zero-order valence-electron chi connectivity index (χ0n) is 19.6. The van der Waals surface area contributed by atoms with E-state index in [1.165, 1.54) is 6.42 Å². The summed E-state index contributed by atoms with van der Waals surface area (Å²) in [5.41, 5.74) is 1.11. The number of ether oxygens (including phenoxy) is 4. The van der Waals surface area contributed by atoms with E-state index in [1.54, 1.807) is 21.3 Å². The molecular formula is C23H39N3O4. The van der Waals surface area contributed by atoms with Crippen LogP contribution in [-0.2, 0) is 11.3 Å². The maximum Gasteiger partial charge on any atom is 0.203 e. The molecule has 0 spiro atoms. The Bertz CT molecular complexity index is 675. The van der Waals surface area contributed by atoms with E-state index in [1.807, 2.05) is 12.1 Å². The average Bonchev–Trinajstić information content (AvgIpc) is 2.74. The summed E-state index contributed by atoms with van der Waals surface area (Å²) in [7, 11) is 4.84. The lowest BCUT2D eigenvalue weighted by Gasteiger charge is -2.40. The maximum atomic E-state index is 6.11. The van der Waals surface area contributed by atoms with Gasteiger partial charge in [0.1, 0.15) is 0 Å². The van der Waals surface area contributed by atoms with Crippen LogP contribution in [0.1, 0.15) is 46.1 Å². The Morgan fingerprint density at radius 2 is 1.77 bits per heavy atom. The quantitative estimate of drug-likeness (QED) is 0.493. The molecule has 2 N–H and O–H groups in total. The van der Waals surface area contributed by atoms with Crippen LogP contribution in [0.25, 0.3) is 0 Å². The number of nitrogens with one attached hydrogen (secondary N) is 2. The molecule has 1 fully saturated rings. The molecule has 0 radical (unpaired) electrons. The second-order valence-corrected chi connectivity index (χ2v) is 8.67. The van der Waals surface area contributed by atoms with E-state index in [-0.39, 0.29) is 11.5 Å². The molecule has 1 aliphatic rings. The first-order valence-electron chi connectivity index (χ1n) is 10.8. The number of guanidine groups is 1. The zero-order chi connectivity index (χ0) is 22.1. The fourth-order valence-electron chi connectivity index (χ4n) is 3.98. The van der Waals surface area contributed by atoms with Crippen LogP contribution in [0.3, 0.4) is 0 Å². The van der Waals surface area contributed by atoms with Crippen molar-refractivity contribution < 1.29 is 18.9 Å². The maximum absolute atomic E-state index is 6.11. The molecule has 2 atom stereocenters. The van der Waals surface area contributed by atoms with E-state index in [0.29, 0.717) is 29.7 Å². The molecule has 1 aromatic carbocycles. The highest BCUT2D eigenvalue weighted by Crippen LogP contribution is 2.38. The topological polar surface area (TPSA) is 73.3 Å².